The first-order chi connectivity index (χ1) is 13.7. The van der Waals surface area contributed by atoms with Crippen molar-refractivity contribution in [2.45, 2.75) is 13.3 Å². The largest absolute Gasteiger partial charge is 0.497 e. The second-order valence-electron chi connectivity index (χ2n) is 6.24. The molecule has 3 aromatic rings. The number of ether oxygens (including phenoxy) is 2. The van der Waals surface area contributed by atoms with Gasteiger partial charge in [0.05, 0.1) is 24.8 Å². The standard InChI is InChI=1S/C24H20N2O2/c1-3-14-28-20-10-6-18(7-11-20)22-13-12-21(23(15-25)24(22)16-26)17-4-8-19(27-2)9-5-17/h4-13H,3,14H2,1-2H3. The van der Waals surface area contributed by atoms with Gasteiger partial charge in [0, 0.05) is 11.1 Å². The molecule has 3 rings (SSSR count). The molecular weight excluding hydrogens is 348 g/mol. The van der Waals surface area contributed by atoms with Gasteiger partial charge in [0.2, 0.25) is 0 Å². The van der Waals surface area contributed by atoms with Gasteiger partial charge >= 0.3 is 0 Å². The summed E-state index contributed by atoms with van der Waals surface area (Å²) >= 11 is 0. The maximum absolute atomic E-state index is 9.77. The molecule has 3 aromatic carbocycles. The van der Waals surface area contributed by atoms with Crippen molar-refractivity contribution in [3.05, 3.63) is 71.8 Å². The summed E-state index contributed by atoms with van der Waals surface area (Å²) in [6, 6.07) is 23.2. The lowest BCUT2D eigenvalue weighted by Gasteiger charge is -2.12. The molecule has 0 amide bonds. The maximum Gasteiger partial charge on any atom is 0.119 e. The van der Waals surface area contributed by atoms with Crippen LogP contribution in [0.1, 0.15) is 24.5 Å². The van der Waals surface area contributed by atoms with Crippen molar-refractivity contribution in [1.82, 2.24) is 0 Å². The molecule has 4 nitrogen and oxygen atoms in total. The van der Waals surface area contributed by atoms with E-state index in [1.807, 2.05) is 60.7 Å². The summed E-state index contributed by atoms with van der Waals surface area (Å²) in [5, 5.41) is 19.5. The molecule has 0 unspecified atom stereocenters. The normalized spacial score (nSPS) is 10.0. The number of nitriles is 2. The van der Waals surface area contributed by atoms with Gasteiger partial charge in [-0.1, -0.05) is 43.3 Å². The first-order valence-electron chi connectivity index (χ1n) is 9.06. The van der Waals surface area contributed by atoms with Crippen LogP contribution in [0.4, 0.5) is 0 Å². The Morgan fingerprint density at radius 2 is 1.18 bits per heavy atom. The van der Waals surface area contributed by atoms with Gasteiger partial charge in [-0.15, -0.1) is 0 Å². The van der Waals surface area contributed by atoms with Crippen LogP contribution >= 0.6 is 0 Å². The second kappa shape index (κ2) is 8.75. The highest BCUT2D eigenvalue weighted by molar-refractivity contribution is 5.82. The number of benzene rings is 3. The Bertz CT molecular complexity index is 1040. The van der Waals surface area contributed by atoms with E-state index in [-0.39, 0.29) is 0 Å². The number of methoxy groups -OCH3 is 1. The summed E-state index contributed by atoms with van der Waals surface area (Å²) in [6.07, 6.45) is 0.943. The first kappa shape index (κ1) is 19.0. The summed E-state index contributed by atoms with van der Waals surface area (Å²) in [5.74, 6) is 1.53. The van der Waals surface area contributed by atoms with Gasteiger partial charge < -0.3 is 9.47 Å². The fourth-order valence-corrected chi connectivity index (χ4v) is 3.04. The third kappa shape index (κ3) is 3.82. The van der Waals surface area contributed by atoms with Crippen LogP contribution < -0.4 is 9.47 Å². The van der Waals surface area contributed by atoms with Gasteiger partial charge in [-0.2, -0.15) is 10.5 Å². The summed E-state index contributed by atoms with van der Waals surface area (Å²) in [4.78, 5) is 0. The van der Waals surface area contributed by atoms with Crippen molar-refractivity contribution in [3.8, 4) is 45.9 Å². The van der Waals surface area contributed by atoms with Gasteiger partial charge in [0.15, 0.2) is 0 Å². The predicted octanol–water partition coefficient (Wildman–Crippen LogP) is 5.56. The number of rotatable bonds is 6. The molecule has 0 heterocycles. The summed E-state index contributed by atoms with van der Waals surface area (Å²) < 4.78 is 10.8. The number of hydrogen-bond acceptors (Lipinski definition) is 4. The lowest BCUT2D eigenvalue weighted by molar-refractivity contribution is 0.317. The first-order valence-corrected chi connectivity index (χ1v) is 9.06. The van der Waals surface area contributed by atoms with E-state index >= 15 is 0 Å². The van der Waals surface area contributed by atoms with Gasteiger partial charge in [-0.05, 0) is 41.8 Å². The Kier molecular flexibility index (Phi) is 5.94. The Hall–Kier alpha value is -3.76. The van der Waals surface area contributed by atoms with Gasteiger partial charge in [-0.3, -0.25) is 0 Å². The van der Waals surface area contributed by atoms with E-state index < -0.39 is 0 Å². The minimum Gasteiger partial charge on any atom is -0.497 e. The summed E-state index contributed by atoms with van der Waals surface area (Å²) in [5.41, 5.74) is 3.95. The van der Waals surface area contributed by atoms with Crippen LogP contribution in [0.5, 0.6) is 11.5 Å². The molecular formula is C24H20N2O2. The van der Waals surface area contributed by atoms with Crippen molar-refractivity contribution in [2.24, 2.45) is 0 Å². The van der Waals surface area contributed by atoms with Gasteiger partial charge in [0.25, 0.3) is 0 Å². The average molecular weight is 368 g/mol. The van der Waals surface area contributed by atoms with Crippen LogP contribution in [0, 0.1) is 22.7 Å². The highest BCUT2D eigenvalue weighted by Gasteiger charge is 2.16. The summed E-state index contributed by atoms with van der Waals surface area (Å²) in [7, 11) is 1.61. The fraction of sp³-hybridized carbons (Fsp3) is 0.167. The fourth-order valence-electron chi connectivity index (χ4n) is 3.04. The Balaban J connectivity index is 2.04. The van der Waals surface area contributed by atoms with Crippen LogP contribution in [-0.4, -0.2) is 13.7 Å². The van der Waals surface area contributed by atoms with Crippen LogP contribution in [0.3, 0.4) is 0 Å². The van der Waals surface area contributed by atoms with Crippen molar-refractivity contribution < 1.29 is 9.47 Å². The third-order valence-corrected chi connectivity index (χ3v) is 4.47. The van der Waals surface area contributed by atoms with E-state index in [0.29, 0.717) is 17.7 Å². The van der Waals surface area contributed by atoms with Crippen molar-refractivity contribution >= 4 is 0 Å². The molecule has 0 aliphatic rings. The lowest BCUT2D eigenvalue weighted by Crippen LogP contribution is -1.96. The van der Waals surface area contributed by atoms with Crippen LogP contribution in [0.15, 0.2) is 60.7 Å². The minimum atomic E-state index is 0.372. The van der Waals surface area contributed by atoms with E-state index in [4.69, 9.17) is 9.47 Å². The average Bonchev–Trinajstić information content (AvgIpc) is 2.77. The molecule has 0 saturated carbocycles. The quantitative estimate of drug-likeness (QED) is 0.571. The predicted molar refractivity (Wildman–Crippen MR) is 109 cm³/mol. The lowest BCUT2D eigenvalue weighted by atomic mass is 9.90. The zero-order chi connectivity index (χ0) is 19.9. The molecule has 0 atom stereocenters. The highest BCUT2D eigenvalue weighted by atomic mass is 16.5. The molecule has 0 fully saturated rings. The second-order valence-corrected chi connectivity index (χ2v) is 6.24. The SMILES string of the molecule is CCCOc1ccc(-c2ccc(-c3ccc(OC)cc3)c(C#N)c2C#N)cc1. The smallest absolute Gasteiger partial charge is 0.119 e. The maximum atomic E-state index is 9.77. The van der Waals surface area contributed by atoms with Crippen molar-refractivity contribution in [1.29, 1.82) is 10.5 Å². The molecule has 28 heavy (non-hydrogen) atoms. The van der Waals surface area contributed by atoms with Crippen LogP contribution in [0.2, 0.25) is 0 Å². The zero-order valence-corrected chi connectivity index (χ0v) is 15.9. The highest BCUT2D eigenvalue weighted by Crippen LogP contribution is 2.34. The monoisotopic (exact) mass is 368 g/mol. The van der Waals surface area contributed by atoms with E-state index in [1.165, 1.54) is 0 Å². The molecule has 0 saturated heterocycles. The van der Waals surface area contributed by atoms with Crippen molar-refractivity contribution in [2.75, 3.05) is 13.7 Å². The van der Waals surface area contributed by atoms with Crippen LogP contribution in [-0.2, 0) is 0 Å². The zero-order valence-electron chi connectivity index (χ0n) is 15.9. The van der Waals surface area contributed by atoms with Gasteiger partial charge in [0.1, 0.15) is 23.6 Å². The van der Waals surface area contributed by atoms with Crippen molar-refractivity contribution in [3.63, 3.8) is 0 Å². The Labute approximate surface area is 165 Å². The topological polar surface area (TPSA) is 66.0 Å². The minimum absolute atomic E-state index is 0.372. The van der Waals surface area contributed by atoms with E-state index in [0.717, 1.165) is 40.2 Å². The van der Waals surface area contributed by atoms with Crippen LogP contribution in [0.25, 0.3) is 22.3 Å². The molecule has 0 aromatic heterocycles. The third-order valence-electron chi connectivity index (χ3n) is 4.47. The molecule has 4 heteroatoms. The molecule has 0 aliphatic heterocycles. The summed E-state index contributed by atoms with van der Waals surface area (Å²) in [6.45, 7) is 2.72. The Morgan fingerprint density at radius 1 is 0.714 bits per heavy atom. The molecule has 0 radical (unpaired) electrons. The molecule has 0 spiro atoms. The van der Waals surface area contributed by atoms with E-state index in [1.54, 1.807) is 7.11 Å². The van der Waals surface area contributed by atoms with E-state index in [2.05, 4.69) is 19.1 Å². The molecule has 0 bridgehead atoms. The van der Waals surface area contributed by atoms with E-state index in [9.17, 15) is 10.5 Å². The Morgan fingerprint density at radius 3 is 1.57 bits per heavy atom. The molecule has 0 aliphatic carbocycles. The van der Waals surface area contributed by atoms with Gasteiger partial charge in [-0.25, -0.2) is 0 Å². The number of nitrogens with zero attached hydrogens (tertiary/aromatic N) is 2. The number of hydrogen-bond donors (Lipinski definition) is 0. The molecule has 0 N–H and O–H groups in total. The molecule has 138 valence electrons.